The van der Waals surface area contributed by atoms with E-state index in [1.54, 1.807) is 11.8 Å². The van der Waals surface area contributed by atoms with Crippen LogP contribution in [-0.2, 0) is 18.7 Å². The summed E-state index contributed by atoms with van der Waals surface area (Å²) in [5.74, 6) is 2.29. The van der Waals surface area contributed by atoms with Gasteiger partial charge in [-0.15, -0.1) is 10.2 Å². The summed E-state index contributed by atoms with van der Waals surface area (Å²) >= 11 is 7.50. The minimum atomic E-state index is -0.543. The number of halogens is 1. The monoisotopic (exact) mass is 679 g/mol. The molecule has 206 valence electrons. The zero-order valence-corrected chi connectivity index (χ0v) is 27.8. The van der Waals surface area contributed by atoms with Gasteiger partial charge in [0.25, 0.3) is 0 Å². The van der Waals surface area contributed by atoms with Crippen LogP contribution in [0.1, 0.15) is 36.7 Å². The molecule has 5 rings (SSSR count). The SMILES string of the molecule is CCCCc1nnc(SCc2ccccc2Cl)n1Cc1ccc(-c2ccccc2-c2nnn[n-]2)cc1.[CH3][Sn+]([CH3])[CH3]. The molecule has 5 aromatic rings. The van der Waals surface area contributed by atoms with Crippen LogP contribution in [0.4, 0.5) is 0 Å². The molecule has 0 amide bonds. The molecule has 0 aliphatic rings. The van der Waals surface area contributed by atoms with Crippen LogP contribution in [0.5, 0.6) is 0 Å². The average molecular weight is 679 g/mol. The predicted octanol–water partition coefficient (Wildman–Crippen LogP) is 7.46. The first kappa shape index (κ1) is 30.3. The van der Waals surface area contributed by atoms with Crippen molar-refractivity contribution in [1.82, 2.24) is 35.4 Å². The van der Waals surface area contributed by atoms with Crippen molar-refractivity contribution in [2.75, 3.05) is 0 Å². The first-order chi connectivity index (χ1) is 19.5. The molecule has 0 fully saturated rings. The van der Waals surface area contributed by atoms with Gasteiger partial charge in [0.1, 0.15) is 5.82 Å². The molecule has 0 aliphatic heterocycles. The first-order valence-electron chi connectivity index (χ1n) is 13.4. The summed E-state index contributed by atoms with van der Waals surface area (Å²) in [6, 6.07) is 24.5. The fourth-order valence-electron chi connectivity index (χ4n) is 4.02. The Morgan fingerprint density at radius 1 is 0.875 bits per heavy atom. The Hall–Kier alpha value is -2.69. The molecule has 0 N–H and O–H groups in total. The number of benzene rings is 3. The van der Waals surface area contributed by atoms with E-state index in [2.05, 4.69) is 93.5 Å². The molecular formula is C30H34ClN7SSn. The summed E-state index contributed by atoms with van der Waals surface area (Å²) in [7, 11) is 0. The number of nitrogens with zero attached hydrogens (tertiary/aromatic N) is 7. The van der Waals surface area contributed by atoms with Crippen LogP contribution in [0.2, 0.25) is 19.8 Å². The third kappa shape index (κ3) is 8.41. The van der Waals surface area contributed by atoms with Crippen molar-refractivity contribution >= 4 is 43.1 Å². The summed E-state index contributed by atoms with van der Waals surface area (Å²) < 4.78 is 2.23. The third-order valence-corrected chi connectivity index (χ3v) is 7.34. The molecule has 0 unspecified atom stereocenters. The molecule has 7 nitrogen and oxygen atoms in total. The number of hydrogen-bond donors (Lipinski definition) is 0. The van der Waals surface area contributed by atoms with Crippen LogP contribution in [0, 0.1) is 0 Å². The van der Waals surface area contributed by atoms with E-state index in [0.717, 1.165) is 63.3 Å². The molecule has 0 saturated heterocycles. The summed E-state index contributed by atoms with van der Waals surface area (Å²) in [6.45, 7) is 2.90. The van der Waals surface area contributed by atoms with Crippen molar-refractivity contribution in [3.63, 3.8) is 0 Å². The quantitative estimate of drug-likeness (QED) is 0.112. The van der Waals surface area contributed by atoms with Crippen molar-refractivity contribution in [1.29, 1.82) is 0 Å². The maximum absolute atomic E-state index is 6.37. The molecule has 0 aliphatic carbocycles. The Bertz CT molecular complexity index is 1470. The van der Waals surface area contributed by atoms with Crippen molar-refractivity contribution in [3.05, 3.63) is 94.8 Å². The number of hydrogen-bond acceptors (Lipinski definition) is 6. The second-order valence-corrected chi connectivity index (χ2v) is 19.8. The third-order valence-electron chi connectivity index (χ3n) is 5.95. The van der Waals surface area contributed by atoms with Crippen LogP contribution in [0.15, 0.2) is 78.0 Å². The van der Waals surface area contributed by atoms with Gasteiger partial charge in [-0.05, 0) is 40.3 Å². The van der Waals surface area contributed by atoms with Gasteiger partial charge >= 0.3 is 34.6 Å². The molecule has 0 radical (unpaired) electrons. The van der Waals surface area contributed by atoms with Crippen molar-refractivity contribution < 1.29 is 0 Å². The fraction of sp³-hybridized carbons (Fsp3) is 0.300. The van der Waals surface area contributed by atoms with Gasteiger partial charge in [-0.25, -0.2) is 0 Å². The van der Waals surface area contributed by atoms with E-state index in [9.17, 15) is 0 Å². The van der Waals surface area contributed by atoms with E-state index < -0.39 is 19.8 Å². The Morgan fingerprint density at radius 2 is 1.57 bits per heavy atom. The number of rotatable bonds is 10. The molecule has 10 heteroatoms. The van der Waals surface area contributed by atoms with Crippen molar-refractivity contribution in [3.8, 4) is 22.5 Å². The Balaban J connectivity index is 0.000000867. The maximum atomic E-state index is 6.37. The predicted molar refractivity (Wildman–Crippen MR) is 166 cm³/mol. The standard InChI is InChI=1S/C27H25ClN7S.3CH3.Sn/c1-2-3-12-25-29-32-27(36-18-21-8-4-7-11-24(21)28)35(25)17-19-13-15-20(16-14-19)22-9-5-6-10-23(22)26-30-33-34-31-26;;;;/h4-11,13-16H,2-3,12,17-18H2,1H3;3*1H3;/q-1;;;;+1. The molecule has 2 aromatic heterocycles. The van der Waals surface area contributed by atoms with Crippen LogP contribution in [0.3, 0.4) is 0 Å². The van der Waals surface area contributed by atoms with Gasteiger partial charge in [-0.1, -0.05) is 103 Å². The van der Waals surface area contributed by atoms with Gasteiger partial charge in [0.2, 0.25) is 0 Å². The average Bonchev–Trinajstić information content (AvgIpc) is 3.62. The molecule has 3 aromatic carbocycles. The second-order valence-electron chi connectivity index (χ2n) is 9.91. The number of aryl methyl sites for hydroxylation is 1. The molecule has 40 heavy (non-hydrogen) atoms. The summed E-state index contributed by atoms with van der Waals surface area (Å²) in [5.41, 5.74) is 5.32. The van der Waals surface area contributed by atoms with Crippen molar-refractivity contribution in [2.24, 2.45) is 0 Å². The minimum absolute atomic E-state index is 0.528. The molecular weight excluding hydrogens is 645 g/mol. The van der Waals surface area contributed by atoms with E-state index in [1.807, 2.05) is 36.4 Å². The van der Waals surface area contributed by atoms with E-state index in [-0.39, 0.29) is 0 Å². The topological polar surface area (TPSA) is 83.5 Å². The van der Waals surface area contributed by atoms with Gasteiger partial charge in [0.15, 0.2) is 5.16 Å². The fourth-order valence-corrected chi connectivity index (χ4v) is 5.26. The van der Waals surface area contributed by atoms with Crippen LogP contribution >= 0.6 is 23.4 Å². The van der Waals surface area contributed by atoms with Gasteiger partial charge in [0.05, 0.1) is 6.54 Å². The summed E-state index contributed by atoms with van der Waals surface area (Å²) in [4.78, 5) is 7.09. The van der Waals surface area contributed by atoms with Gasteiger partial charge < -0.3 is 9.67 Å². The van der Waals surface area contributed by atoms with Gasteiger partial charge in [-0.3, -0.25) is 10.3 Å². The molecule has 0 spiro atoms. The molecule has 2 heterocycles. The molecule has 0 bridgehead atoms. The van der Waals surface area contributed by atoms with Gasteiger partial charge in [-0.2, -0.15) is 5.21 Å². The second kappa shape index (κ2) is 15.3. The van der Waals surface area contributed by atoms with Gasteiger partial charge in [0, 0.05) is 23.0 Å². The number of aromatic nitrogens is 7. The van der Waals surface area contributed by atoms with Crippen LogP contribution < -0.4 is 5.10 Å². The number of thioether (sulfide) groups is 1. The zero-order valence-electron chi connectivity index (χ0n) is 23.4. The molecule has 0 saturated carbocycles. The summed E-state index contributed by atoms with van der Waals surface area (Å²) in [6.07, 6.45) is 3.10. The van der Waals surface area contributed by atoms with E-state index in [1.165, 1.54) is 5.56 Å². The first-order valence-corrected chi connectivity index (χ1v) is 23.3. The number of unbranched alkanes of at least 4 members (excludes halogenated alkanes) is 1. The molecule has 0 atom stereocenters. The van der Waals surface area contributed by atoms with E-state index in [0.29, 0.717) is 12.4 Å². The van der Waals surface area contributed by atoms with E-state index in [4.69, 9.17) is 11.6 Å². The Labute approximate surface area is 252 Å². The Morgan fingerprint density at radius 3 is 2.25 bits per heavy atom. The normalized spacial score (nSPS) is 10.7. The Kier molecular flexibility index (Phi) is 11.6. The van der Waals surface area contributed by atoms with Crippen LogP contribution in [-0.4, -0.2) is 50.0 Å². The summed E-state index contributed by atoms with van der Waals surface area (Å²) in [5, 5.41) is 26.0. The van der Waals surface area contributed by atoms with E-state index >= 15 is 0 Å². The zero-order chi connectivity index (χ0) is 28.3. The number of tetrazole rings is 1. The van der Waals surface area contributed by atoms with Crippen molar-refractivity contribution in [2.45, 2.75) is 58.5 Å². The van der Waals surface area contributed by atoms with Crippen LogP contribution in [0.25, 0.3) is 22.5 Å².